The van der Waals surface area contributed by atoms with Gasteiger partial charge in [0.15, 0.2) is 0 Å². The van der Waals surface area contributed by atoms with Crippen LogP contribution < -0.4 is 10.6 Å². The summed E-state index contributed by atoms with van der Waals surface area (Å²) in [4.78, 5) is 24.8. The number of nitrogens with one attached hydrogen (secondary N) is 2. The number of anilines is 1. The molecule has 2 heterocycles. The maximum atomic E-state index is 12.2. The largest absolute Gasteiger partial charge is 0.368 e. The Morgan fingerprint density at radius 2 is 2.18 bits per heavy atom. The van der Waals surface area contributed by atoms with Crippen LogP contribution in [-0.2, 0) is 6.54 Å². The molecule has 2 rings (SSSR count). The normalized spacial score (nSPS) is 11.8. The maximum Gasteiger partial charge on any atom is 0.270 e. The first-order valence-corrected chi connectivity index (χ1v) is 7.37. The van der Waals surface area contributed by atoms with E-state index in [0.717, 1.165) is 12.0 Å². The summed E-state index contributed by atoms with van der Waals surface area (Å²) in [7, 11) is 0. The van der Waals surface area contributed by atoms with Gasteiger partial charge in [-0.2, -0.15) is 0 Å². The average molecular weight is 299 g/mol. The molecule has 116 valence electrons. The molecule has 22 heavy (non-hydrogen) atoms. The summed E-state index contributed by atoms with van der Waals surface area (Å²) in [5.74, 6) is 1.02. The summed E-state index contributed by atoms with van der Waals surface area (Å²) < 4.78 is 0. The molecule has 0 aliphatic heterocycles. The topological polar surface area (TPSA) is 79.8 Å². The SMILES string of the molecule is CCC(C)Nc1cc(C(=O)NCc2cccnc2)nc(C)n1. The number of aryl methyl sites for hydroxylation is 1. The van der Waals surface area contributed by atoms with E-state index < -0.39 is 0 Å². The third-order valence-electron chi connectivity index (χ3n) is 3.25. The lowest BCUT2D eigenvalue weighted by molar-refractivity contribution is 0.0945. The third-order valence-corrected chi connectivity index (χ3v) is 3.25. The Hall–Kier alpha value is -2.50. The van der Waals surface area contributed by atoms with Crippen LogP contribution in [-0.4, -0.2) is 26.9 Å². The number of aromatic nitrogens is 3. The van der Waals surface area contributed by atoms with Gasteiger partial charge in [-0.25, -0.2) is 9.97 Å². The van der Waals surface area contributed by atoms with Crippen LogP contribution in [0.25, 0.3) is 0 Å². The molecule has 1 amide bonds. The van der Waals surface area contributed by atoms with Gasteiger partial charge < -0.3 is 10.6 Å². The number of carbonyl (C=O) groups is 1. The van der Waals surface area contributed by atoms with E-state index in [9.17, 15) is 4.79 Å². The minimum Gasteiger partial charge on any atom is -0.368 e. The fourth-order valence-electron chi connectivity index (χ4n) is 1.89. The molecule has 1 atom stereocenters. The Morgan fingerprint density at radius 1 is 1.36 bits per heavy atom. The number of pyridine rings is 1. The molecule has 0 aliphatic carbocycles. The van der Waals surface area contributed by atoms with E-state index >= 15 is 0 Å². The first kappa shape index (κ1) is 15.9. The highest BCUT2D eigenvalue weighted by Gasteiger charge is 2.11. The summed E-state index contributed by atoms with van der Waals surface area (Å²) in [6.07, 6.45) is 4.40. The van der Waals surface area contributed by atoms with Gasteiger partial charge in [0.2, 0.25) is 0 Å². The summed E-state index contributed by atoms with van der Waals surface area (Å²) in [6.45, 7) is 6.36. The van der Waals surface area contributed by atoms with Gasteiger partial charge in [0.1, 0.15) is 17.3 Å². The highest BCUT2D eigenvalue weighted by Crippen LogP contribution is 2.09. The van der Waals surface area contributed by atoms with Crippen LogP contribution in [0.3, 0.4) is 0 Å². The lowest BCUT2D eigenvalue weighted by atomic mass is 10.2. The van der Waals surface area contributed by atoms with Gasteiger partial charge in [-0.3, -0.25) is 9.78 Å². The minimum absolute atomic E-state index is 0.221. The highest BCUT2D eigenvalue weighted by atomic mass is 16.1. The number of nitrogens with zero attached hydrogens (tertiary/aromatic N) is 3. The van der Waals surface area contributed by atoms with Crippen LogP contribution in [0.1, 0.15) is 42.1 Å². The van der Waals surface area contributed by atoms with Crippen LogP contribution in [0.5, 0.6) is 0 Å². The molecule has 0 spiro atoms. The van der Waals surface area contributed by atoms with Gasteiger partial charge in [0.25, 0.3) is 5.91 Å². The molecule has 0 aliphatic rings. The quantitative estimate of drug-likeness (QED) is 0.855. The van der Waals surface area contributed by atoms with Crippen molar-refractivity contribution in [2.45, 2.75) is 39.8 Å². The van der Waals surface area contributed by atoms with E-state index in [4.69, 9.17) is 0 Å². The van der Waals surface area contributed by atoms with Crippen molar-refractivity contribution in [1.29, 1.82) is 0 Å². The molecule has 0 bridgehead atoms. The second kappa shape index (κ2) is 7.49. The van der Waals surface area contributed by atoms with Crippen LogP contribution in [0, 0.1) is 6.92 Å². The zero-order chi connectivity index (χ0) is 15.9. The van der Waals surface area contributed by atoms with Gasteiger partial charge in [-0.05, 0) is 31.9 Å². The maximum absolute atomic E-state index is 12.2. The second-order valence-corrected chi connectivity index (χ2v) is 5.18. The average Bonchev–Trinajstić information content (AvgIpc) is 2.52. The Bertz CT molecular complexity index is 630. The first-order chi connectivity index (χ1) is 10.6. The summed E-state index contributed by atoms with van der Waals surface area (Å²) in [6, 6.07) is 5.72. The van der Waals surface area contributed by atoms with Crippen LogP contribution in [0.2, 0.25) is 0 Å². The van der Waals surface area contributed by atoms with Crippen LogP contribution in [0.4, 0.5) is 5.82 Å². The van der Waals surface area contributed by atoms with Crippen LogP contribution >= 0.6 is 0 Å². The van der Waals surface area contributed by atoms with E-state index in [0.29, 0.717) is 29.9 Å². The van der Waals surface area contributed by atoms with Crippen molar-refractivity contribution in [3.8, 4) is 0 Å². The molecular weight excluding hydrogens is 278 g/mol. The predicted octanol–water partition coefficient (Wildman–Crippen LogP) is 2.32. The molecule has 6 heteroatoms. The van der Waals surface area contributed by atoms with Gasteiger partial charge >= 0.3 is 0 Å². The van der Waals surface area contributed by atoms with Crippen molar-refractivity contribution in [3.05, 3.63) is 47.7 Å². The van der Waals surface area contributed by atoms with E-state index in [1.165, 1.54) is 0 Å². The molecule has 0 radical (unpaired) electrons. The number of amides is 1. The number of carbonyl (C=O) groups excluding carboxylic acids is 1. The Balaban J connectivity index is 2.05. The zero-order valence-electron chi connectivity index (χ0n) is 13.1. The van der Waals surface area contributed by atoms with Crippen LogP contribution in [0.15, 0.2) is 30.6 Å². The molecular formula is C16H21N5O. The molecule has 0 fully saturated rings. The zero-order valence-corrected chi connectivity index (χ0v) is 13.1. The molecule has 0 saturated carbocycles. The molecule has 1 unspecified atom stereocenters. The van der Waals surface area contributed by atoms with Crippen molar-refractivity contribution in [3.63, 3.8) is 0 Å². The molecule has 6 nitrogen and oxygen atoms in total. The van der Waals surface area contributed by atoms with E-state index in [2.05, 4.69) is 39.4 Å². The molecule has 2 N–H and O–H groups in total. The fourth-order valence-corrected chi connectivity index (χ4v) is 1.89. The smallest absolute Gasteiger partial charge is 0.270 e. The lowest BCUT2D eigenvalue weighted by Gasteiger charge is -2.13. The van der Waals surface area contributed by atoms with Gasteiger partial charge in [-0.15, -0.1) is 0 Å². The van der Waals surface area contributed by atoms with Gasteiger partial charge in [0, 0.05) is 31.0 Å². The third kappa shape index (κ3) is 4.51. The predicted molar refractivity (Wildman–Crippen MR) is 85.6 cm³/mol. The monoisotopic (exact) mass is 299 g/mol. The summed E-state index contributed by atoms with van der Waals surface area (Å²) >= 11 is 0. The molecule has 2 aromatic heterocycles. The molecule has 0 aromatic carbocycles. The van der Waals surface area contributed by atoms with Crippen molar-refractivity contribution >= 4 is 11.7 Å². The van der Waals surface area contributed by atoms with Gasteiger partial charge in [0.05, 0.1) is 0 Å². The Labute approximate surface area is 130 Å². The van der Waals surface area contributed by atoms with Crippen molar-refractivity contribution in [2.75, 3.05) is 5.32 Å². The van der Waals surface area contributed by atoms with Crippen molar-refractivity contribution in [2.24, 2.45) is 0 Å². The Kier molecular flexibility index (Phi) is 5.41. The Morgan fingerprint density at radius 3 is 2.86 bits per heavy atom. The van der Waals surface area contributed by atoms with Crippen molar-refractivity contribution in [1.82, 2.24) is 20.3 Å². The van der Waals surface area contributed by atoms with E-state index in [1.807, 2.05) is 12.1 Å². The van der Waals surface area contributed by atoms with Crippen molar-refractivity contribution < 1.29 is 4.79 Å². The number of hydrogen-bond acceptors (Lipinski definition) is 5. The fraction of sp³-hybridized carbons (Fsp3) is 0.375. The summed E-state index contributed by atoms with van der Waals surface area (Å²) in [5, 5.41) is 6.10. The number of hydrogen-bond donors (Lipinski definition) is 2. The molecule has 2 aromatic rings. The lowest BCUT2D eigenvalue weighted by Crippen LogP contribution is -2.25. The standard InChI is InChI=1S/C16H21N5O/c1-4-11(2)19-15-8-14(20-12(3)21-15)16(22)18-10-13-6-5-7-17-9-13/h5-9,11H,4,10H2,1-3H3,(H,18,22)(H,19,20,21). The second-order valence-electron chi connectivity index (χ2n) is 5.18. The minimum atomic E-state index is -0.221. The summed E-state index contributed by atoms with van der Waals surface area (Å²) in [5.41, 5.74) is 1.31. The highest BCUT2D eigenvalue weighted by molar-refractivity contribution is 5.92. The molecule has 0 saturated heterocycles. The van der Waals surface area contributed by atoms with E-state index in [-0.39, 0.29) is 5.91 Å². The van der Waals surface area contributed by atoms with E-state index in [1.54, 1.807) is 25.4 Å². The first-order valence-electron chi connectivity index (χ1n) is 7.37. The number of rotatable bonds is 6. The van der Waals surface area contributed by atoms with Gasteiger partial charge in [-0.1, -0.05) is 13.0 Å².